The SMILES string of the molecule is Nc1ncnc2n[nH]c(-c3cccc(-c4ccn[nH]4)c3)c12. The van der Waals surface area contributed by atoms with Crippen molar-refractivity contribution >= 4 is 16.9 Å². The molecule has 3 heterocycles. The number of hydrogen-bond acceptors (Lipinski definition) is 5. The monoisotopic (exact) mass is 277 g/mol. The van der Waals surface area contributed by atoms with E-state index in [1.165, 1.54) is 6.33 Å². The molecule has 0 atom stereocenters. The molecule has 3 aromatic heterocycles. The first-order chi connectivity index (χ1) is 10.3. The maximum absolute atomic E-state index is 5.94. The Balaban J connectivity index is 1.91. The highest BCUT2D eigenvalue weighted by Crippen LogP contribution is 2.30. The Morgan fingerprint density at radius 1 is 1.00 bits per heavy atom. The van der Waals surface area contributed by atoms with Crippen LogP contribution in [-0.2, 0) is 0 Å². The molecule has 0 aliphatic rings. The van der Waals surface area contributed by atoms with Crippen LogP contribution in [0.4, 0.5) is 5.82 Å². The number of nitrogens with zero attached hydrogens (tertiary/aromatic N) is 4. The third-order valence-corrected chi connectivity index (χ3v) is 3.34. The molecule has 0 unspecified atom stereocenters. The lowest BCUT2D eigenvalue weighted by Crippen LogP contribution is -1.92. The summed E-state index contributed by atoms with van der Waals surface area (Å²) in [6, 6.07) is 9.92. The normalized spacial score (nSPS) is 11.0. The van der Waals surface area contributed by atoms with E-state index in [4.69, 9.17) is 5.73 Å². The van der Waals surface area contributed by atoms with Crippen LogP contribution in [0.3, 0.4) is 0 Å². The fraction of sp³-hybridized carbons (Fsp3) is 0. The molecule has 0 radical (unpaired) electrons. The van der Waals surface area contributed by atoms with Gasteiger partial charge in [-0.25, -0.2) is 9.97 Å². The second-order valence-corrected chi connectivity index (χ2v) is 4.61. The number of fused-ring (bicyclic) bond motifs is 1. The topological polar surface area (TPSA) is 109 Å². The fourth-order valence-corrected chi connectivity index (χ4v) is 2.35. The Kier molecular flexibility index (Phi) is 2.43. The number of nitrogens with two attached hydrogens (primary N) is 1. The van der Waals surface area contributed by atoms with Gasteiger partial charge >= 0.3 is 0 Å². The Morgan fingerprint density at radius 3 is 2.76 bits per heavy atom. The largest absolute Gasteiger partial charge is 0.383 e. The van der Waals surface area contributed by atoms with E-state index in [-0.39, 0.29) is 0 Å². The first-order valence-electron chi connectivity index (χ1n) is 6.37. The van der Waals surface area contributed by atoms with Gasteiger partial charge in [-0.05, 0) is 12.1 Å². The minimum atomic E-state index is 0.413. The summed E-state index contributed by atoms with van der Waals surface area (Å²) >= 11 is 0. The predicted molar refractivity (Wildman–Crippen MR) is 79.1 cm³/mol. The molecule has 21 heavy (non-hydrogen) atoms. The number of benzene rings is 1. The van der Waals surface area contributed by atoms with Crippen LogP contribution in [-0.4, -0.2) is 30.4 Å². The molecule has 102 valence electrons. The zero-order chi connectivity index (χ0) is 14.2. The van der Waals surface area contributed by atoms with Crippen LogP contribution in [0.5, 0.6) is 0 Å². The summed E-state index contributed by atoms with van der Waals surface area (Å²) < 4.78 is 0. The van der Waals surface area contributed by atoms with Gasteiger partial charge in [0.25, 0.3) is 0 Å². The number of rotatable bonds is 2. The zero-order valence-corrected chi connectivity index (χ0v) is 10.9. The van der Waals surface area contributed by atoms with Crippen molar-refractivity contribution < 1.29 is 0 Å². The summed E-state index contributed by atoms with van der Waals surface area (Å²) in [5.41, 5.74) is 10.3. The van der Waals surface area contributed by atoms with Gasteiger partial charge in [0.05, 0.1) is 16.8 Å². The van der Waals surface area contributed by atoms with Crippen molar-refractivity contribution in [1.82, 2.24) is 30.4 Å². The molecule has 0 fully saturated rings. The first-order valence-corrected chi connectivity index (χ1v) is 6.37. The predicted octanol–water partition coefficient (Wildman–Crippen LogP) is 1.99. The summed E-state index contributed by atoms with van der Waals surface area (Å²) in [5.74, 6) is 0.413. The molecule has 0 saturated carbocycles. The second kappa shape index (κ2) is 4.41. The third-order valence-electron chi connectivity index (χ3n) is 3.34. The minimum Gasteiger partial charge on any atom is -0.383 e. The molecule has 1 aromatic carbocycles. The summed E-state index contributed by atoms with van der Waals surface area (Å²) in [4.78, 5) is 8.14. The highest BCUT2D eigenvalue weighted by molar-refractivity contribution is 5.98. The van der Waals surface area contributed by atoms with Gasteiger partial charge in [0, 0.05) is 17.3 Å². The van der Waals surface area contributed by atoms with Crippen molar-refractivity contribution in [2.45, 2.75) is 0 Å². The number of hydrogen-bond donors (Lipinski definition) is 3. The number of nitrogen functional groups attached to an aromatic ring is 1. The van der Waals surface area contributed by atoms with E-state index in [2.05, 4.69) is 30.4 Å². The van der Waals surface area contributed by atoms with E-state index in [1.807, 2.05) is 30.3 Å². The molecule has 7 heteroatoms. The van der Waals surface area contributed by atoms with Crippen LogP contribution in [0.1, 0.15) is 0 Å². The lowest BCUT2D eigenvalue weighted by molar-refractivity contribution is 1.09. The Morgan fingerprint density at radius 2 is 1.90 bits per heavy atom. The summed E-state index contributed by atoms with van der Waals surface area (Å²) in [5, 5.41) is 14.8. The summed E-state index contributed by atoms with van der Waals surface area (Å²) in [6.45, 7) is 0. The van der Waals surface area contributed by atoms with Crippen molar-refractivity contribution in [3.63, 3.8) is 0 Å². The molecule has 7 nitrogen and oxygen atoms in total. The molecule has 0 aliphatic heterocycles. The van der Waals surface area contributed by atoms with Crippen LogP contribution in [0.25, 0.3) is 33.5 Å². The molecule has 0 amide bonds. The molecule has 4 rings (SSSR count). The number of aromatic amines is 2. The van der Waals surface area contributed by atoms with E-state index in [0.29, 0.717) is 11.5 Å². The lowest BCUT2D eigenvalue weighted by Gasteiger charge is -2.03. The van der Waals surface area contributed by atoms with E-state index >= 15 is 0 Å². The van der Waals surface area contributed by atoms with Crippen molar-refractivity contribution in [2.24, 2.45) is 0 Å². The van der Waals surface area contributed by atoms with E-state index < -0.39 is 0 Å². The lowest BCUT2D eigenvalue weighted by atomic mass is 10.0. The molecule has 4 N–H and O–H groups in total. The standard InChI is InChI=1S/C14H11N7/c15-13-11-12(20-21-14(11)17-7-16-13)9-3-1-2-8(6-9)10-4-5-18-19-10/h1-7H,(H,18,19)(H3,15,16,17,20,21). The minimum absolute atomic E-state index is 0.413. The Hall–Kier alpha value is -3.22. The van der Waals surface area contributed by atoms with Crippen LogP contribution >= 0.6 is 0 Å². The van der Waals surface area contributed by atoms with Gasteiger partial charge in [0.15, 0.2) is 5.65 Å². The molecule has 0 spiro atoms. The van der Waals surface area contributed by atoms with Crippen LogP contribution < -0.4 is 5.73 Å². The Labute approximate surface area is 119 Å². The number of nitrogens with one attached hydrogen (secondary N) is 2. The van der Waals surface area contributed by atoms with E-state index in [0.717, 1.165) is 27.9 Å². The van der Waals surface area contributed by atoms with Gasteiger partial charge in [-0.3, -0.25) is 10.2 Å². The number of H-pyrrole nitrogens is 2. The quantitative estimate of drug-likeness (QED) is 0.519. The highest BCUT2D eigenvalue weighted by Gasteiger charge is 2.13. The van der Waals surface area contributed by atoms with Gasteiger partial charge in [-0.2, -0.15) is 10.2 Å². The Bertz CT molecular complexity index is 908. The summed E-state index contributed by atoms with van der Waals surface area (Å²) in [7, 11) is 0. The average Bonchev–Trinajstić information content (AvgIpc) is 3.18. The molecular weight excluding hydrogens is 266 g/mol. The number of aromatic nitrogens is 6. The smallest absolute Gasteiger partial charge is 0.186 e. The van der Waals surface area contributed by atoms with Crippen LogP contribution in [0.2, 0.25) is 0 Å². The second-order valence-electron chi connectivity index (χ2n) is 4.61. The molecule has 0 saturated heterocycles. The van der Waals surface area contributed by atoms with Crippen LogP contribution in [0, 0.1) is 0 Å². The maximum Gasteiger partial charge on any atom is 0.186 e. The third kappa shape index (κ3) is 1.83. The molecule has 4 aromatic rings. The van der Waals surface area contributed by atoms with Crippen LogP contribution in [0.15, 0.2) is 42.9 Å². The first kappa shape index (κ1) is 11.6. The maximum atomic E-state index is 5.94. The van der Waals surface area contributed by atoms with Gasteiger partial charge in [0.1, 0.15) is 12.1 Å². The van der Waals surface area contributed by atoms with E-state index in [1.54, 1.807) is 6.20 Å². The van der Waals surface area contributed by atoms with Crippen molar-refractivity contribution in [3.05, 3.63) is 42.9 Å². The number of anilines is 1. The zero-order valence-electron chi connectivity index (χ0n) is 10.9. The van der Waals surface area contributed by atoms with Gasteiger partial charge in [-0.15, -0.1) is 0 Å². The van der Waals surface area contributed by atoms with Gasteiger partial charge in [0.2, 0.25) is 0 Å². The van der Waals surface area contributed by atoms with Gasteiger partial charge in [-0.1, -0.05) is 18.2 Å². The van der Waals surface area contributed by atoms with Crippen molar-refractivity contribution in [1.29, 1.82) is 0 Å². The fourth-order valence-electron chi connectivity index (χ4n) is 2.35. The van der Waals surface area contributed by atoms with Gasteiger partial charge < -0.3 is 5.73 Å². The van der Waals surface area contributed by atoms with Crippen molar-refractivity contribution in [3.8, 4) is 22.5 Å². The van der Waals surface area contributed by atoms with Crippen molar-refractivity contribution in [2.75, 3.05) is 5.73 Å². The molecular formula is C14H11N7. The average molecular weight is 277 g/mol. The molecule has 0 bridgehead atoms. The summed E-state index contributed by atoms with van der Waals surface area (Å²) in [6.07, 6.45) is 3.13. The van der Waals surface area contributed by atoms with E-state index in [9.17, 15) is 0 Å². The highest BCUT2D eigenvalue weighted by atomic mass is 15.2. The molecule has 0 aliphatic carbocycles.